The number of carbonyl (C=O) groups is 1. The zero-order valence-electron chi connectivity index (χ0n) is 12.9. The van der Waals surface area contributed by atoms with E-state index in [4.69, 9.17) is 0 Å². The largest absolute Gasteiger partial charge is 0.351 e. The van der Waals surface area contributed by atoms with Crippen molar-refractivity contribution in [2.75, 3.05) is 0 Å². The van der Waals surface area contributed by atoms with Gasteiger partial charge >= 0.3 is 0 Å². The van der Waals surface area contributed by atoms with Crippen LogP contribution in [0.25, 0.3) is 10.9 Å². The van der Waals surface area contributed by atoms with Crippen molar-refractivity contribution in [3.63, 3.8) is 0 Å². The first kappa shape index (κ1) is 14.4. The lowest BCUT2D eigenvalue weighted by Crippen LogP contribution is -2.28. The van der Waals surface area contributed by atoms with Gasteiger partial charge in [0.2, 0.25) is 0 Å². The molecule has 0 aliphatic carbocycles. The lowest BCUT2D eigenvalue weighted by molar-refractivity contribution is 0.0931. The van der Waals surface area contributed by atoms with Gasteiger partial charge in [0, 0.05) is 10.9 Å². The van der Waals surface area contributed by atoms with Crippen molar-refractivity contribution in [3.05, 3.63) is 71.4 Å². The standard InChI is InChI=1S/C19H20N2O/c1-3-16(14-10-8-13(2)9-11-14)21-19(22)18-12-15-6-4-5-7-17(15)20-18/h4-12,16,20H,3H2,1-2H3,(H,21,22). The van der Waals surface area contributed by atoms with Crippen LogP contribution < -0.4 is 5.32 Å². The van der Waals surface area contributed by atoms with E-state index >= 15 is 0 Å². The number of nitrogens with one attached hydrogen (secondary N) is 2. The zero-order valence-corrected chi connectivity index (χ0v) is 12.9. The van der Waals surface area contributed by atoms with Crippen LogP contribution >= 0.6 is 0 Å². The van der Waals surface area contributed by atoms with Crippen LogP contribution in [0.3, 0.4) is 0 Å². The number of H-pyrrole nitrogens is 1. The van der Waals surface area contributed by atoms with Gasteiger partial charge in [0.1, 0.15) is 5.69 Å². The molecule has 1 amide bonds. The Labute approximate surface area is 130 Å². The fraction of sp³-hybridized carbons (Fsp3) is 0.211. The highest BCUT2D eigenvalue weighted by atomic mass is 16.1. The molecule has 0 radical (unpaired) electrons. The van der Waals surface area contributed by atoms with Gasteiger partial charge in [0.15, 0.2) is 0 Å². The van der Waals surface area contributed by atoms with Crippen molar-refractivity contribution in [2.45, 2.75) is 26.3 Å². The monoisotopic (exact) mass is 292 g/mol. The van der Waals surface area contributed by atoms with Gasteiger partial charge < -0.3 is 10.3 Å². The molecule has 0 saturated carbocycles. The molecule has 0 spiro atoms. The smallest absolute Gasteiger partial charge is 0.268 e. The van der Waals surface area contributed by atoms with Crippen molar-refractivity contribution < 1.29 is 4.79 Å². The van der Waals surface area contributed by atoms with Crippen LogP contribution in [0.15, 0.2) is 54.6 Å². The Kier molecular flexibility index (Phi) is 3.96. The number of hydrogen-bond acceptors (Lipinski definition) is 1. The SMILES string of the molecule is CCC(NC(=O)c1cc2ccccc2[nH]1)c1ccc(C)cc1. The molecule has 3 nitrogen and oxygen atoms in total. The highest BCUT2D eigenvalue weighted by Crippen LogP contribution is 2.19. The van der Waals surface area contributed by atoms with E-state index in [0.29, 0.717) is 5.69 Å². The number of aromatic amines is 1. The van der Waals surface area contributed by atoms with E-state index in [1.165, 1.54) is 5.56 Å². The maximum absolute atomic E-state index is 12.5. The molecular formula is C19H20N2O. The predicted molar refractivity (Wildman–Crippen MR) is 90.0 cm³/mol. The highest BCUT2D eigenvalue weighted by Gasteiger charge is 2.15. The topological polar surface area (TPSA) is 44.9 Å². The van der Waals surface area contributed by atoms with Crippen molar-refractivity contribution in [3.8, 4) is 0 Å². The molecule has 1 atom stereocenters. The molecule has 0 aliphatic heterocycles. The van der Waals surface area contributed by atoms with Crippen molar-refractivity contribution >= 4 is 16.8 Å². The summed E-state index contributed by atoms with van der Waals surface area (Å²) in [5.74, 6) is -0.0661. The molecular weight excluding hydrogens is 272 g/mol. The van der Waals surface area contributed by atoms with Crippen LogP contribution in [0.1, 0.15) is 41.0 Å². The normalized spacial score (nSPS) is 12.3. The lowest BCUT2D eigenvalue weighted by atomic mass is 10.0. The predicted octanol–water partition coefficient (Wildman–Crippen LogP) is 4.36. The van der Waals surface area contributed by atoms with E-state index in [9.17, 15) is 4.79 Å². The Hall–Kier alpha value is -2.55. The summed E-state index contributed by atoms with van der Waals surface area (Å²) in [6.45, 7) is 4.14. The van der Waals surface area contributed by atoms with Gasteiger partial charge in [-0.15, -0.1) is 0 Å². The summed E-state index contributed by atoms with van der Waals surface area (Å²) in [5.41, 5.74) is 3.95. The number of hydrogen-bond donors (Lipinski definition) is 2. The second-order valence-corrected chi connectivity index (χ2v) is 5.62. The first-order valence-electron chi connectivity index (χ1n) is 7.62. The van der Waals surface area contributed by atoms with E-state index in [1.807, 2.05) is 30.3 Å². The van der Waals surface area contributed by atoms with Crippen molar-refractivity contribution in [2.24, 2.45) is 0 Å². The summed E-state index contributed by atoms with van der Waals surface area (Å²) in [6.07, 6.45) is 0.856. The molecule has 22 heavy (non-hydrogen) atoms. The van der Waals surface area contributed by atoms with Crippen LogP contribution in [0, 0.1) is 6.92 Å². The number of aryl methyl sites for hydroxylation is 1. The molecule has 1 unspecified atom stereocenters. The number of amides is 1. The summed E-state index contributed by atoms with van der Waals surface area (Å²) in [5, 5.41) is 4.16. The third-order valence-corrected chi connectivity index (χ3v) is 3.97. The molecule has 0 saturated heterocycles. The number of benzene rings is 2. The zero-order chi connectivity index (χ0) is 15.5. The molecule has 1 heterocycles. The molecule has 0 aliphatic rings. The fourth-order valence-electron chi connectivity index (χ4n) is 2.65. The van der Waals surface area contributed by atoms with E-state index in [-0.39, 0.29) is 11.9 Å². The van der Waals surface area contributed by atoms with Crippen LogP contribution in [0.2, 0.25) is 0 Å². The Balaban J connectivity index is 1.80. The summed E-state index contributed by atoms with van der Waals surface area (Å²) >= 11 is 0. The minimum atomic E-state index is -0.0661. The number of carbonyl (C=O) groups excluding carboxylic acids is 1. The van der Waals surface area contributed by atoms with Crippen LogP contribution in [-0.4, -0.2) is 10.9 Å². The quantitative estimate of drug-likeness (QED) is 0.737. The van der Waals surface area contributed by atoms with Crippen molar-refractivity contribution in [1.29, 1.82) is 0 Å². The Morgan fingerprint density at radius 2 is 1.86 bits per heavy atom. The number of rotatable bonds is 4. The second-order valence-electron chi connectivity index (χ2n) is 5.62. The molecule has 0 fully saturated rings. The van der Waals surface area contributed by atoms with Gasteiger partial charge in [0.05, 0.1) is 6.04 Å². The lowest BCUT2D eigenvalue weighted by Gasteiger charge is -2.17. The first-order chi connectivity index (χ1) is 10.7. The Morgan fingerprint density at radius 3 is 2.55 bits per heavy atom. The average molecular weight is 292 g/mol. The number of para-hydroxylation sites is 1. The van der Waals surface area contributed by atoms with Gasteiger partial charge in [0.25, 0.3) is 5.91 Å². The third-order valence-electron chi connectivity index (χ3n) is 3.97. The molecule has 1 aromatic heterocycles. The van der Waals surface area contributed by atoms with Crippen LogP contribution in [0.4, 0.5) is 0 Å². The second kappa shape index (κ2) is 6.06. The fourth-order valence-corrected chi connectivity index (χ4v) is 2.65. The van der Waals surface area contributed by atoms with Gasteiger partial charge in [-0.3, -0.25) is 4.79 Å². The number of aromatic nitrogens is 1. The molecule has 3 aromatic rings. The first-order valence-corrected chi connectivity index (χ1v) is 7.62. The molecule has 2 N–H and O–H groups in total. The summed E-state index contributed by atoms with van der Waals surface area (Å²) < 4.78 is 0. The summed E-state index contributed by atoms with van der Waals surface area (Å²) in [6, 6.07) is 18.1. The minimum Gasteiger partial charge on any atom is -0.351 e. The molecule has 3 rings (SSSR count). The van der Waals surface area contributed by atoms with Gasteiger partial charge in [-0.1, -0.05) is 55.0 Å². The molecule has 2 aromatic carbocycles. The average Bonchev–Trinajstić information content (AvgIpc) is 2.97. The van der Waals surface area contributed by atoms with Gasteiger partial charge in [-0.05, 0) is 31.0 Å². The van der Waals surface area contributed by atoms with E-state index < -0.39 is 0 Å². The maximum atomic E-state index is 12.5. The van der Waals surface area contributed by atoms with E-state index in [1.54, 1.807) is 0 Å². The van der Waals surface area contributed by atoms with Crippen LogP contribution in [-0.2, 0) is 0 Å². The minimum absolute atomic E-state index is 0.0273. The van der Waals surface area contributed by atoms with Gasteiger partial charge in [-0.25, -0.2) is 0 Å². The third kappa shape index (κ3) is 2.89. The Morgan fingerprint density at radius 1 is 1.14 bits per heavy atom. The van der Waals surface area contributed by atoms with Crippen molar-refractivity contribution in [1.82, 2.24) is 10.3 Å². The molecule has 0 bridgehead atoms. The molecule has 112 valence electrons. The van der Waals surface area contributed by atoms with E-state index in [2.05, 4.69) is 48.4 Å². The Bertz CT molecular complexity index is 754. The highest BCUT2D eigenvalue weighted by molar-refractivity contribution is 5.98. The summed E-state index contributed by atoms with van der Waals surface area (Å²) in [4.78, 5) is 15.7. The summed E-state index contributed by atoms with van der Waals surface area (Å²) in [7, 11) is 0. The van der Waals surface area contributed by atoms with E-state index in [0.717, 1.165) is 22.9 Å². The van der Waals surface area contributed by atoms with Crippen LogP contribution in [0.5, 0.6) is 0 Å². The molecule has 3 heteroatoms. The number of fused-ring (bicyclic) bond motifs is 1. The maximum Gasteiger partial charge on any atom is 0.268 e. The van der Waals surface area contributed by atoms with Gasteiger partial charge in [-0.2, -0.15) is 0 Å².